The number of pyridine rings is 1. The van der Waals surface area contributed by atoms with Crippen molar-refractivity contribution < 1.29 is 14.7 Å². The van der Waals surface area contributed by atoms with Crippen molar-refractivity contribution in [3.8, 4) is 0 Å². The molecule has 3 aromatic rings. The lowest BCUT2D eigenvalue weighted by Gasteiger charge is -2.28. The maximum atomic E-state index is 12.5. The van der Waals surface area contributed by atoms with E-state index in [9.17, 15) is 24.3 Å². The van der Waals surface area contributed by atoms with Crippen LogP contribution in [-0.4, -0.2) is 33.7 Å². The molecule has 4 rings (SSSR count). The van der Waals surface area contributed by atoms with Crippen LogP contribution >= 0.6 is 23.2 Å². The van der Waals surface area contributed by atoms with Gasteiger partial charge in [0.2, 0.25) is 0 Å². The average Bonchev–Trinajstić information content (AvgIpc) is 2.77. The average molecular weight is 501 g/mol. The number of aliphatic carboxylic acids is 1. The highest BCUT2D eigenvalue weighted by Gasteiger charge is 2.27. The molecule has 0 saturated heterocycles. The fourth-order valence-corrected chi connectivity index (χ4v) is 3.93. The summed E-state index contributed by atoms with van der Waals surface area (Å²) in [6, 6.07) is 6.48. The highest BCUT2D eigenvalue weighted by molar-refractivity contribution is 6.40. The van der Waals surface area contributed by atoms with E-state index in [0.717, 1.165) is 19.3 Å². The first-order valence-corrected chi connectivity index (χ1v) is 11.1. The van der Waals surface area contributed by atoms with Crippen LogP contribution < -0.4 is 21.5 Å². The first-order chi connectivity index (χ1) is 16.2. The number of aromatic nitrogens is 1. The zero-order valence-electron chi connectivity index (χ0n) is 17.6. The van der Waals surface area contributed by atoms with E-state index in [1.165, 1.54) is 12.4 Å². The van der Waals surface area contributed by atoms with E-state index in [-0.39, 0.29) is 45.2 Å². The second-order valence-corrected chi connectivity index (χ2v) is 8.64. The Balaban J connectivity index is 1.49. The zero-order chi connectivity index (χ0) is 24.4. The second-order valence-electron chi connectivity index (χ2n) is 7.82. The number of aliphatic imine (C=N–C) groups is 1. The van der Waals surface area contributed by atoms with Crippen LogP contribution in [0.1, 0.15) is 35.2 Å². The molecule has 0 spiro atoms. The predicted molar refractivity (Wildman–Crippen MR) is 130 cm³/mol. The minimum absolute atomic E-state index is 0.0833. The number of halogens is 2. The molecule has 2 aromatic carbocycles. The predicted octanol–water partition coefficient (Wildman–Crippen LogP) is 3.60. The number of carbonyl (C=O) groups is 2. The third-order valence-electron chi connectivity index (χ3n) is 5.50. The molecule has 0 aliphatic heterocycles. The lowest BCUT2D eigenvalue weighted by Crippen LogP contribution is -2.39. The maximum Gasteiger partial charge on any atom is 0.350 e. The van der Waals surface area contributed by atoms with Gasteiger partial charge in [-0.25, -0.2) is 9.79 Å². The number of hydrogen-bond donors (Lipinski definition) is 3. The minimum Gasteiger partial charge on any atom is -0.477 e. The Bertz CT molecular complexity index is 1350. The van der Waals surface area contributed by atoms with Gasteiger partial charge in [0.15, 0.2) is 0 Å². The molecular weight excluding hydrogens is 483 g/mol. The number of nitrogens with zero attached hydrogens (tertiary/aromatic N) is 2. The summed E-state index contributed by atoms with van der Waals surface area (Å²) in [5.74, 6) is -1.83. The summed E-state index contributed by atoms with van der Waals surface area (Å²) in [5.41, 5.74) is -0.730. The fraction of sp³-hybridized carbons (Fsp3) is 0.217. The molecule has 0 radical (unpaired) electrons. The number of carboxylic acid groups (broad SMARTS) is 1. The summed E-state index contributed by atoms with van der Waals surface area (Å²) in [7, 11) is 0. The van der Waals surface area contributed by atoms with E-state index in [4.69, 9.17) is 23.2 Å². The molecule has 9 nitrogen and oxygen atoms in total. The largest absolute Gasteiger partial charge is 0.477 e. The number of rotatable bonds is 8. The standard InChI is InChI=1S/C23H18Cl2N4O5/c24-14-9-26-10-15(25)17(14)22(32)28-13-6-4-11(5-7-13)8-16(23(33)34)29-19-18(20(30)21(19)31)27-12-2-1-3-12/h4-7,9-10,12,27H,1-3,8H2,(H,28,32)(H,33,34). The third-order valence-corrected chi connectivity index (χ3v) is 6.07. The number of nitrogens with one attached hydrogen (secondary N) is 2. The van der Waals surface area contributed by atoms with Crippen molar-refractivity contribution >= 4 is 57.9 Å². The van der Waals surface area contributed by atoms with Crippen LogP contribution in [0, 0.1) is 0 Å². The number of hydrogen-bond acceptors (Lipinski definition) is 7. The van der Waals surface area contributed by atoms with E-state index in [1.54, 1.807) is 24.3 Å². The van der Waals surface area contributed by atoms with Gasteiger partial charge in [0.05, 0.1) is 15.6 Å². The summed E-state index contributed by atoms with van der Waals surface area (Å²) < 4.78 is 0. The van der Waals surface area contributed by atoms with Crippen LogP contribution in [0.5, 0.6) is 0 Å². The molecule has 34 heavy (non-hydrogen) atoms. The van der Waals surface area contributed by atoms with Gasteiger partial charge in [-0.1, -0.05) is 35.3 Å². The maximum absolute atomic E-state index is 12.5. The van der Waals surface area contributed by atoms with Crippen molar-refractivity contribution in [2.75, 3.05) is 10.6 Å². The van der Waals surface area contributed by atoms with E-state index < -0.39 is 22.7 Å². The minimum atomic E-state index is -1.30. The van der Waals surface area contributed by atoms with E-state index in [1.807, 2.05) is 0 Å². The Hall–Kier alpha value is -3.56. The summed E-state index contributed by atoms with van der Waals surface area (Å²) >= 11 is 12.0. The SMILES string of the molecule is O=C(O)C(Cc1ccc(NC(=O)c2c(Cl)cncc2Cl)cc1)=Nc1c(NC2CCC2)c(=O)c1=O. The number of carbonyl (C=O) groups excluding carboxylic acids is 1. The topological polar surface area (TPSA) is 138 Å². The lowest BCUT2D eigenvalue weighted by atomic mass is 9.92. The normalized spacial score (nSPS) is 14.0. The van der Waals surface area contributed by atoms with Gasteiger partial charge in [0, 0.05) is 30.5 Å². The summed E-state index contributed by atoms with van der Waals surface area (Å²) in [4.78, 5) is 55.9. The highest BCUT2D eigenvalue weighted by Crippen LogP contribution is 2.27. The van der Waals surface area contributed by atoms with E-state index >= 15 is 0 Å². The molecule has 1 aliphatic rings. The van der Waals surface area contributed by atoms with Crippen molar-refractivity contribution in [1.82, 2.24) is 4.98 Å². The van der Waals surface area contributed by atoms with Gasteiger partial charge in [0.1, 0.15) is 17.1 Å². The van der Waals surface area contributed by atoms with Crippen LogP contribution in [0.2, 0.25) is 10.0 Å². The van der Waals surface area contributed by atoms with E-state index in [2.05, 4.69) is 20.6 Å². The molecular formula is C23H18Cl2N4O5. The smallest absolute Gasteiger partial charge is 0.350 e. The van der Waals surface area contributed by atoms with Crippen molar-refractivity contribution in [1.29, 1.82) is 0 Å². The molecule has 1 fully saturated rings. The number of anilines is 2. The number of carboxylic acids is 1. The van der Waals surface area contributed by atoms with E-state index in [0.29, 0.717) is 11.3 Å². The molecule has 1 amide bonds. The third kappa shape index (κ3) is 4.85. The van der Waals surface area contributed by atoms with Crippen molar-refractivity contribution in [2.45, 2.75) is 31.7 Å². The van der Waals surface area contributed by atoms with Crippen LogP contribution in [0.15, 0.2) is 51.2 Å². The Morgan fingerprint density at radius 2 is 1.71 bits per heavy atom. The second kappa shape index (κ2) is 9.74. The van der Waals surface area contributed by atoms with Gasteiger partial charge in [0.25, 0.3) is 16.8 Å². The van der Waals surface area contributed by atoms with Crippen LogP contribution in [0.4, 0.5) is 17.1 Å². The molecule has 11 heteroatoms. The first kappa shape index (κ1) is 23.6. The number of amides is 1. The molecule has 1 aromatic heterocycles. The molecule has 1 saturated carbocycles. The highest BCUT2D eigenvalue weighted by atomic mass is 35.5. The molecule has 0 atom stereocenters. The fourth-order valence-electron chi connectivity index (χ4n) is 3.40. The van der Waals surface area contributed by atoms with Gasteiger partial charge < -0.3 is 15.7 Å². The molecule has 174 valence electrons. The van der Waals surface area contributed by atoms with Crippen molar-refractivity contribution in [3.63, 3.8) is 0 Å². The van der Waals surface area contributed by atoms with Gasteiger partial charge in [-0.15, -0.1) is 0 Å². The molecule has 0 unspecified atom stereocenters. The quantitative estimate of drug-likeness (QED) is 0.317. The lowest BCUT2D eigenvalue weighted by molar-refractivity contribution is -0.129. The summed E-state index contributed by atoms with van der Waals surface area (Å²) in [6.07, 6.45) is 5.33. The molecule has 3 N–H and O–H groups in total. The van der Waals surface area contributed by atoms with Crippen LogP contribution in [0.3, 0.4) is 0 Å². The van der Waals surface area contributed by atoms with Gasteiger partial charge in [-0.2, -0.15) is 0 Å². The molecule has 1 heterocycles. The Kier molecular flexibility index (Phi) is 6.76. The number of benzene rings is 1. The zero-order valence-corrected chi connectivity index (χ0v) is 19.1. The molecule has 0 bridgehead atoms. The van der Waals surface area contributed by atoms with Gasteiger partial charge in [-0.3, -0.25) is 19.4 Å². The van der Waals surface area contributed by atoms with Crippen molar-refractivity contribution in [3.05, 3.63) is 78.3 Å². The summed E-state index contributed by atoms with van der Waals surface area (Å²) in [5, 5.41) is 15.4. The first-order valence-electron chi connectivity index (χ1n) is 10.3. The monoisotopic (exact) mass is 500 g/mol. The molecule has 1 aliphatic carbocycles. The Morgan fingerprint density at radius 3 is 2.26 bits per heavy atom. The van der Waals surface area contributed by atoms with Crippen LogP contribution in [-0.2, 0) is 11.2 Å². The van der Waals surface area contributed by atoms with Crippen molar-refractivity contribution in [2.24, 2.45) is 4.99 Å². The Morgan fingerprint density at radius 1 is 1.06 bits per heavy atom. The van der Waals surface area contributed by atoms with Crippen LogP contribution in [0.25, 0.3) is 0 Å². The van der Waals surface area contributed by atoms with Gasteiger partial charge >= 0.3 is 5.97 Å². The summed E-state index contributed by atoms with van der Waals surface area (Å²) in [6.45, 7) is 0. The Labute approximate surface area is 203 Å². The van der Waals surface area contributed by atoms with Gasteiger partial charge in [-0.05, 0) is 37.0 Å².